The molecule has 0 fully saturated rings. The highest BCUT2D eigenvalue weighted by Crippen LogP contribution is 2.23. The van der Waals surface area contributed by atoms with Gasteiger partial charge in [-0.25, -0.2) is 9.18 Å². The van der Waals surface area contributed by atoms with Gasteiger partial charge in [-0.3, -0.25) is 9.36 Å². The quantitative estimate of drug-likeness (QED) is 0.914. The van der Waals surface area contributed by atoms with E-state index >= 15 is 0 Å². The fourth-order valence-corrected chi connectivity index (χ4v) is 2.59. The Morgan fingerprint density at radius 3 is 2.55 bits per heavy atom. The summed E-state index contributed by atoms with van der Waals surface area (Å²) in [4.78, 5) is 23.4. The summed E-state index contributed by atoms with van der Waals surface area (Å²) in [6.45, 7) is 3.08. The molecular formula is C14H11BrFNO3. The summed E-state index contributed by atoms with van der Waals surface area (Å²) in [5, 5.41) is 9.23. The SMILES string of the molecule is Cc1cc(=O)n(-c2cc(F)ccc2Br)c(C)c1C(=O)O. The third kappa shape index (κ3) is 2.38. The van der Waals surface area contributed by atoms with Crippen LogP contribution in [0, 0.1) is 19.7 Å². The number of halogens is 2. The molecule has 1 aromatic carbocycles. The molecule has 0 aliphatic heterocycles. The van der Waals surface area contributed by atoms with Gasteiger partial charge in [-0.15, -0.1) is 0 Å². The second-order valence-corrected chi connectivity index (χ2v) is 5.22. The van der Waals surface area contributed by atoms with E-state index in [2.05, 4.69) is 15.9 Å². The average Bonchev–Trinajstić information content (AvgIpc) is 2.32. The minimum absolute atomic E-state index is 0.0424. The molecule has 1 aromatic heterocycles. The lowest BCUT2D eigenvalue weighted by Gasteiger charge is -2.15. The number of pyridine rings is 1. The number of carbonyl (C=O) groups is 1. The standard InChI is InChI=1S/C14H11BrFNO3/c1-7-5-12(18)17(8(2)13(7)14(19)20)11-6-9(16)3-4-10(11)15/h3-6H,1-2H3,(H,19,20). The van der Waals surface area contributed by atoms with Crippen LogP contribution < -0.4 is 5.56 Å². The van der Waals surface area contributed by atoms with E-state index in [1.807, 2.05) is 0 Å². The fourth-order valence-electron chi connectivity index (χ4n) is 2.16. The predicted octanol–water partition coefficient (Wildman–Crippen LogP) is 3.05. The van der Waals surface area contributed by atoms with Gasteiger partial charge >= 0.3 is 5.97 Å². The molecule has 4 nitrogen and oxygen atoms in total. The summed E-state index contributed by atoms with van der Waals surface area (Å²) in [5.41, 5.74) is 0.546. The monoisotopic (exact) mass is 339 g/mol. The summed E-state index contributed by atoms with van der Waals surface area (Å²) in [5.74, 6) is -1.63. The first-order valence-electron chi connectivity index (χ1n) is 5.75. The van der Waals surface area contributed by atoms with E-state index in [9.17, 15) is 19.1 Å². The van der Waals surface area contributed by atoms with E-state index < -0.39 is 17.3 Å². The zero-order valence-corrected chi connectivity index (χ0v) is 12.4. The van der Waals surface area contributed by atoms with E-state index in [4.69, 9.17) is 0 Å². The Labute approximate surface area is 122 Å². The van der Waals surface area contributed by atoms with E-state index in [1.165, 1.54) is 35.8 Å². The van der Waals surface area contributed by atoms with Crippen LogP contribution in [0.15, 0.2) is 33.5 Å². The summed E-state index contributed by atoms with van der Waals surface area (Å²) in [6.07, 6.45) is 0. The molecule has 0 spiro atoms. The van der Waals surface area contributed by atoms with Gasteiger partial charge in [0.2, 0.25) is 0 Å². The minimum atomic E-state index is -1.12. The molecule has 0 unspecified atom stereocenters. The van der Waals surface area contributed by atoms with E-state index in [0.29, 0.717) is 10.0 Å². The van der Waals surface area contributed by atoms with Crippen molar-refractivity contribution in [2.45, 2.75) is 13.8 Å². The topological polar surface area (TPSA) is 59.3 Å². The van der Waals surface area contributed by atoms with Gasteiger partial charge in [0.15, 0.2) is 0 Å². The molecular weight excluding hydrogens is 329 g/mol. The van der Waals surface area contributed by atoms with Gasteiger partial charge in [0.25, 0.3) is 5.56 Å². The maximum Gasteiger partial charge on any atom is 0.337 e. The second-order valence-electron chi connectivity index (χ2n) is 4.36. The van der Waals surface area contributed by atoms with Crippen LogP contribution in [0.5, 0.6) is 0 Å². The Morgan fingerprint density at radius 1 is 1.30 bits per heavy atom. The Bertz CT molecular complexity index is 768. The molecule has 0 bridgehead atoms. The van der Waals surface area contributed by atoms with Crippen LogP contribution in [0.1, 0.15) is 21.6 Å². The number of aromatic nitrogens is 1. The lowest BCUT2D eigenvalue weighted by Crippen LogP contribution is -2.24. The molecule has 20 heavy (non-hydrogen) atoms. The second kappa shape index (κ2) is 5.20. The number of carboxylic acid groups (broad SMARTS) is 1. The average molecular weight is 340 g/mol. The molecule has 0 radical (unpaired) electrons. The van der Waals surface area contributed by atoms with Crippen molar-refractivity contribution in [1.29, 1.82) is 0 Å². The van der Waals surface area contributed by atoms with Gasteiger partial charge in [0.1, 0.15) is 5.82 Å². The third-order valence-electron chi connectivity index (χ3n) is 3.01. The van der Waals surface area contributed by atoms with E-state index in [-0.39, 0.29) is 16.9 Å². The highest BCUT2D eigenvalue weighted by Gasteiger charge is 2.18. The Kier molecular flexibility index (Phi) is 3.76. The first-order chi connectivity index (χ1) is 9.32. The Balaban J connectivity index is 2.88. The summed E-state index contributed by atoms with van der Waals surface area (Å²) in [6, 6.07) is 5.13. The van der Waals surface area contributed by atoms with Gasteiger partial charge in [0, 0.05) is 16.2 Å². The summed E-state index contributed by atoms with van der Waals surface area (Å²) < 4.78 is 15.1. The molecule has 0 atom stereocenters. The highest BCUT2D eigenvalue weighted by atomic mass is 79.9. The number of rotatable bonds is 2. The van der Waals surface area contributed by atoms with Crippen LogP contribution in [0.3, 0.4) is 0 Å². The number of aryl methyl sites for hydroxylation is 1. The molecule has 6 heteroatoms. The van der Waals surface area contributed by atoms with Crippen molar-refractivity contribution >= 4 is 21.9 Å². The molecule has 1 heterocycles. The maximum atomic E-state index is 13.4. The van der Waals surface area contributed by atoms with Crippen LogP contribution in [0.25, 0.3) is 5.69 Å². The number of carboxylic acids is 1. The lowest BCUT2D eigenvalue weighted by atomic mass is 10.1. The first-order valence-corrected chi connectivity index (χ1v) is 6.54. The highest BCUT2D eigenvalue weighted by molar-refractivity contribution is 9.10. The lowest BCUT2D eigenvalue weighted by molar-refractivity contribution is 0.0694. The van der Waals surface area contributed by atoms with Gasteiger partial charge < -0.3 is 5.11 Å². The van der Waals surface area contributed by atoms with Crippen molar-refractivity contribution in [3.8, 4) is 5.69 Å². The minimum Gasteiger partial charge on any atom is -0.478 e. The first kappa shape index (κ1) is 14.5. The van der Waals surface area contributed by atoms with E-state index in [1.54, 1.807) is 6.92 Å². The zero-order chi connectivity index (χ0) is 15.0. The molecule has 0 aliphatic rings. The Morgan fingerprint density at radius 2 is 1.95 bits per heavy atom. The molecule has 2 aromatic rings. The fraction of sp³-hybridized carbons (Fsp3) is 0.143. The smallest absolute Gasteiger partial charge is 0.337 e. The van der Waals surface area contributed by atoms with Crippen LogP contribution in [-0.2, 0) is 0 Å². The largest absolute Gasteiger partial charge is 0.478 e. The number of aromatic carboxylic acids is 1. The number of nitrogens with zero attached hydrogens (tertiary/aromatic N) is 1. The molecule has 2 rings (SSSR count). The van der Waals surface area contributed by atoms with Crippen molar-refractivity contribution in [1.82, 2.24) is 4.57 Å². The molecule has 0 saturated heterocycles. The molecule has 104 valence electrons. The van der Waals surface area contributed by atoms with Crippen molar-refractivity contribution in [3.63, 3.8) is 0 Å². The molecule has 1 N–H and O–H groups in total. The number of benzene rings is 1. The summed E-state index contributed by atoms with van der Waals surface area (Å²) >= 11 is 3.24. The van der Waals surface area contributed by atoms with Gasteiger partial charge in [-0.05, 0) is 53.5 Å². The van der Waals surface area contributed by atoms with Crippen molar-refractivity contribution < 1.29 is 14.3 Å². The van der Waals surface area contributed by atoms with Crippen LogP contribution in [0.2, 0.25) is 0 Å². The molecule has 0 aliphatic carbocycles. The zero-order valence-electron chi connectivity index (χ0n) is 10.8. The third-order valence-corrected chi connectivity index (χ3v) is 3.69. The number of hydrogen-bond donors (Lipinski definition) is 1. The number of hydrogen-bond acceptors (Lipinski definition) is 2. The van der Waals surface area contributed by atoms with Crippen molar-refractivity contribution in [2.75, 3.05) is 0 Å². The van der Waals surface area contributed by atoms with Gasteiger partial charge in [-0.2, -0.15) is 0 Å². The maximum absolute atomic E-state index is 13.4. The van der Waals surface area contributed by atoms with Crippen LogP contribution in [0.4, 0.5) is 4.39 Å². The predicted molar refractivity (Wildman–Crippen MR) is 76.1 cm³/mol. The molecule has 0 saturated carbocycles. The van der Waals surface area contributed by atoms with Crippen molar-refractivity contribution in [2.24, 2.45) is 0 Å². The van der Waals surface area contributed by atoms with Crippen molar-refractivity contribution in [3.05, 3.63) is 61.7 Å². The van der Waals surface area contributed by atoms with Crippen LogP contribution in [-0.4, -0.2) is 15.6 Å². The molecule has 0 amide bonds. The van der Waals surface area contributed by atoms with Crippen LogP contribution >= 0.6 is 15.9 Å². The van der Waals surface area contributed by atoms with E-state index in [0.717, 1.165) is 0 Å². The van der Waals surface area contributed by atoms with Gasteiger partial charge in [-0.1, -0.05) is 0 Å². The summed E-state index contributed by atoms with van der Waals surface area (Å²) in [7, 11) is 0. The van der Waals surface area contributed by atoms with Gasteiger partial charge in [0.05, 0.1) is 11.3 Å². The Hall–Kier alpha value is -1.95. The normalized spacial score (nSPS) is 10.6.